The van der Waals surface area contributed by atoms with Gasteiger partial charge in [-0.2, -0.15) is 0 Å². The zero-order valence-corrected chi connectivity index (χ0v) is 12.6. The summed E-state index contributed by atoms with van der Waals surface area (Å²) in [6, 6.07) is 2.41. The van der Waals surface area contributed by atoms with Crippen LogP contribution in [0.5, 0.6) is 0 Å². The second-order valence-electron chi connectivity index (χ2n) is 4.34. The first-order chi connectivity index (χ1) is 10.9. The zero-order chi connectivity index (χ0) is 17.0. The molecule has 0 saturated heterocycles. The Morgan fingerprint density at radius 1 is 1.30 bits per heavy atom. The molecule has 2 aromatic rings. The molecule has 1 amide bonds. The van der Waals surface area contributed by atoms with Gasteiger partial charge in [0.1, 0.15) is 11.6 Å². The standard InChI is InChI=1S/C14H10F2N2O4S/c1-7(19)17-14-18-11(6-23-14)13(21)22-5-12(20)9-4-8(15)2-3-10(9)16/h2-4,6H,5H2,1H3,(H,17,18,19). The van der Waals surface area contributed by atoms with E-state index in [1.54, 1.807) is 0 Å². The van der Waals surface area contributed by atoms with E-state index in [4.69, 9.17) is 4.74 Å². The van der Waals surface area contributed by atoms with Gasteiger partial charge in [0.25, 0.3) is 0 Å². The summed E-state index contributed by atoms with van der Waals surface area (Å²) in [6.07, 6.45) is 0. The number of hydrogen-bond donors (Lipinski definition) is 1. The number of nitrogens with one attached hydrogen (secondary N) is 1. The zero-order valence-electron chi connectivity index (χ0n) is 11.8. The SMILES string of the molecule is CC(=O)Nc1nc(C(=O)OCC(=O)c2cc(F)ccc2F)cs1. The molecule has 120 valence electrons. The molecule has 0 fully saturated rings. The van der Waals surface area contributed by atoms with Crippen LogP contribution < -0.4 is 5.32 Å². The first kappa shape index (κ1) is 16.7. The number of aromatic nitrogens is 1. The summed E-state index contributed by atoms with van der Waals surface area (Å²) in [4.78, 5) is 38.1. The van der Waals surface area contributed by atoms with Crippen LogP contribution in [-0.2, 0) is 9.53 Å². The molecule has 0 aliphatic rings. The number of carbonyl (C=O) groups excluding carboxylic acids is 3. The summed E-state index contributed by atoms with van der Waals surface area (Å²) in [7, 11) is 0. The average Bonchev–Trinajstić information content (AvgIpc) is 2.94. The lowest BCUT2D eigenvalue weighted by Crippen LogP contribution is -2.16. The normalized spacial score (nSPS) is 10.2. The predicted molar refractivity (Wildman–Crippen MR) is 77.4 cm³/mol. The number of Topliss-reactive ketones (excluding diaryl/α,β-unsaturated/α-hetero) is 1. The maximum Gasteiger partial charge on any atom is 0.358 e. The van der Waals surface area contributed by atoms with Crippen molar-refractivity contribution in [3.8, 4) is 0 Å². The fraction of sp³-hybridized carbons (Fsp3) is 0.143. The number of esters is 1. The largest absolute Gasteiger partial charge is 0.453 e. The molecule has 0 aliphatic carbocycles. The molecular formula is C14H10F2N2O4S. The number of anilines is 1. The molecular weight excluding hydrogens is 330 g/mol. The Balaban J connectivity index is 1.98. The van der Waals surface area contributed by atoms with Gasteiger partial charge >= 0.3 is 5.97 Å². The van der Waals surface area contributed by atoms with Gasteiger partial charge in [-0.05, 0) is 18.2 Å². The number of ketones is 1. The van der Waals surface area contributed by atoms with Crippen LogP contribution in [0.3, 0.4) is 0 Å². The number of rotatable bonds is 5. The van der Waals surface area contributed by atoms with Crippen LogP contribution >= 0.6 is 11.3 Å². The fourth-order valence-corrected chi connectivity index (χ4v) is 2.30. The summed E-state index contributed by atoms with van der Waals surface area (Å²) in [5, 5.41) is 3.92. The molecule has 0 saturated carbocycles. The summed E-state index contributed by atoms with van der Waals surface area (Å²) < 4.78 is 31.1. The van der Waals surface area contributed by atoms with Gasteiger partial charge in [0.15, 0.2) is 17.4 Å². The summed E-state index contributed by atoms with van der Waals surface area (Å²) in [5.41, 5.74) is -0.610. The highest BCUT2D eigenvalue weighted by molar-refractivity contribution is 7.14. The number of nitrogens with zero attached hydrogens (tertiary/aromatic N) is 1. The molecule has 0 bridgehead atoms. The number of halogens is 2. The monoisotopic (exact) mass is 340 g/mol. The van der Waals surface area contributed by atoms with E-state index < -0.39 is 35.6 Å². The molecule has 1 heterocycles. The lowest BCUT2D eigenvalue weighted by Gasteiger charge is -2.04. The van der Waals surface area contributed by atoms with Crippen LogP contribution in [0.25, 0.3) is 0 Å². The Labute approximate surface area is 133 Å². The van der Waals surface area contributed by atoms with Crippen molar-refractivity contribution < 1.29 is 27.9 Å². The first-order valence-electron chi connectivity index (χ1n) is 6.25. The number of amides is 1. The Hall–Kier alpha value is -2.68. The molecule has 9 heteroatoms. The predicted octanol–water partition coefficient (Wildman–Crippen LogP) is 2.42. The number of hydrogen-bond acceptors (Lipinski definition) is 6. The fourth-order valence-electron chi connectivity index (χ4n) is 1.57. The second-order valence-corrected chi connectivity index (χ2v) is 5.20. The lowest BCUT2D eigenvalue weighted by molar-refractivity contribution is -0.114. The van der Waals surface area contributed by atoms with E-state index in [0.29, 0.717) is 0 Å². The maximum absolute atomic E-state index is 13.4. The number of thiazole rings is 1. The molecule has 2 rings (SSSR count). The molecule has 23 heavy (non-hydrogen) atoms. The van der Waals surface area contributed by atoms with Gasteiger partial charge in [-0.1, -0.05) is 0 Å². The Morgan fingerprint density at radius 2 is 2.04 bits per heavy atom. The molecule has 1 aromatic carbocycles. The summed E-state index contributed by atoms with van der Waals surface area (Å²) in [5.74, 6) is -3.83. The van der Waals surface area contributed by atoms with E-state index >= 15 is 0 Å². The van der Waals surface area contributed by atoms with Crippen molar-refractivity contribution in [2.24, 2.45) is 0 Å². The van der Waals surface area contributed by atoms with Crippen LogP contribution in [0.15, 0.2) is 23.6 Å². The second kappa shape index (κ2) is 7.05. The van der Waals surface area contributed by atoms with E-state index in [1.807, 2.05) is 0 Å². The minimum atomic E-state index is -0.914. The highest BCUT2D eigenvalue weighted by Crippen LogP contribution is 2.16. The van der Waals surface area contributed by atoms with Crippen molar-refractivity contribution in [3.63, 3.8) is 0 Å². The van der Waals surface area contributed by atoms with Crippen LogP contribution in [0.4, 0.5) is 13.9 Å². The van der Waals surface area contributed by atoms with E-state index in [2.05, 4.69) is 10.3 Å². The topological polar surface area (TPSA) is 85.4 Å². The Morgan fingerprint density at radius 3 is 2.74 bits per heavy atom. The minimum Gasteiger partial charge on any atom is -0.453 e. The van der Waals surface area contributed by atoms with Gasteiger partial charge in [-0.15, -0.1) is 11.3 Å². The summed E-state index contributed by atoms with van der Waals surface area (Å²) in [6.45, 7) is 0.526. The van der Waals surface area contributed by atoms with Gasteiger partial charge in [-0.3, -0.25) is 9.59 Å². The van der Waals surface area contributed by atoms with E-state index in [1.165, 1.54) is 12.3 Å². The Bertz CT molecular complexity index is 776. The lowest BCUT2D eigenvalue weighted by atomic mass is 10.1. The van der Waals surface area contributed by atoms with Crippen LogP contribution in [0.2, 0.25) is 0 Å². The number of benzene rings is 1. The van der Waals surface area contributed by atoms with Crippen molar-refractivity contribution in [1.29, 1.82) is 0 Å². The van der Waals surface area contributed by atoms with Crippen molar-refractivity contribution in [3.05, 3.63) is 46.5 Å². The molecule has 0 atom stereocenters. The highest BCUT2D eigenvalue weighted by atomic mass is 32.1. The van der Waals surface area contributed by atoms with Gasteiger partial charge in [-0.25, -0.2) is 18.6 Å². The molecule has 0 unspecified atom stereocenters. The highest BCUT2D eigenvalue weighted by Gasteiger charge is 2.18. The molecule has 0 radical (unpaired) electrons. The summed E-state index contributed by atoms with van der Waals surface area (Å²) >= 11 is 1.00. The van der Waals surface area contributed by atoms with Crippen LogP contribution in [-0.4, -0.2) is 29.3 Å². The van der Waals surface area contributed by atoms with E-state index in [9.17, 15) is 23.2 Å². The molecule has 1 N–H and O–H groups in total. The van der Waals surface area contributed by atoms with E-state index in [-0.39, 0.29) is 16.7 Å². The van der Waals surface area contributed by atoms with Gasteiger partial charge in [0.05, 0.1) is 5.56 Å². The molecule has 0 aliphatic heterocycles. The Kier molecular flexibility index (Phi) is 5.12. The van der Waals surface area contributed by atoms with Gasteiger partial charge in [0, 0.05) is 12.3 Å². The van der Waals surface area contributed by atoms with Crippen molar-refractivity contribution in [2.45, 2.75) is 6.92 Å². The quantitative estimate of drug-likeness (QED) is 0.667. The van der Waals surface area contributed by atoms with Crippen LogP contribution in [0, 0.1) is 11.6 Å². The maximum atomic E-state index is 13.4. The number of ether oxygens (including phenoxy) is 1. The third kappa shape index (κ3) is 4.39. The van der Waals surface area contributed by atoms with Gasteiger partial charge in [0.2, 0.25) is 11.7 Å². The smallest absolute Gasteiger partial charge is 0.358 e. The van der Waals surface area contributed by atoms with Crippen molar-refractivity contribution in [1.82, 2.24) is 4.98 Å². The third-order valence-corrected chi connectivity index (χ3v) is 3.32. The molecule has 1 aromatic heterocycles. The number of carbonyl (C=O) groups is 3. The molecule has 6 nitrogen and oxygen atoms in total. The van der Waals surface area contributed by atoms with Gasteiger partial charge < -0.3 is 10.1 Å². The third-order valence-electron chi connectivity index (χ3n) is 2.56. The first-order valence-corrected chi connectivity index (χ1v) is 7.13. The minimum absolute atomic E-state index is 0.105. The molecule has 0 spiro atoms. The average molecular weight is 340 g/mol. The van der Waals surface area contributed by atoms with Crippen LogP contribution in [0.1, 0.15) is 27.8 Å². The van der Waals surface area contributed by atoms with Crippen molar-refractivity contribution >= 4 is 34.1 Å². The van der Waals surface area contributed by atoms with E-state index in [0.717, 1.165) is 29.5 Å². The van der Waals surface area contributed by atoms with Crippen molar-refractivity contribution in [2.75, 3.05) is 11.9 Å².